The maximum absolute atomic E-state index is 5.15. The Morgan fingerprint density at radius 3 is 2.10 bits per heavy atom. The molecule has 0 nitrogen and oxygen atoms in total. The number of aryl methyl sites for hydroxylation is 1. The molecule has 0 atom stereocenters. The fourth-order valence-electron chi connectivity index (χ4n) is 0.650. The highest BCUT2D eigenvalue weighted by Crippen LogP contribution is 1.99. The van der Waals surface area contributed by atoms with E-state index in [0.717, 1.165) is 5.56 Å². The predicted octanol–water partition coefficient (Wildman–Crippen LogP) is 2.61. The van der Waals surface area contributed by atoms with Gasteiger partial charge in [0, 0.05) is 5.56 Å². The molecule has 0 bridgehead atoms. The van der Waals surface area contributed by atoms with Gasteiger partial charge in [0.05, 0.1) is 0 Å². The maximum Gasteiger partial charge on any atom is 0.0242 e. The van der Waals surface area contributed by atoms with Gasteiger partial charge in [0.15, 0.2) is 0 Å². The quantitative estimate of drug-likeness (QED) is 0.476. The number of hydrogen-bond acceptors (Lipinski definition) is 0. The van der Waals surface area contributed by atoms with E-state index < -0.39 is 0 Å². The van der Waals surface area contributed by atoms with Gasteiger partial charge in [0.25, 0.3) is 0 Å². The molecule has 0 aliphatic heterocycles. The highest BCUT2D eigenvalue weighted by atomic mass is 13.9. The van der Waals surface area contributed by atoms with Crippen LogP contribution in [0.5, 0.6) is 0 Å². The van der Waals surface area contributed by atoms with Crippen LogP contribution < -0.4 is 0 Å². The molecular formula is C10H12. The summed E-state index contributed by atoms with van der Waals surface area (Å²) in [5.41, 5.74) is 2.19. The first-order valence-electron chi connectivity index (χ1n) is 2.86. The van der Waals surface area contributed by atoms with Crippen molar-refractivity contribution in [2.45, 2.75) is 14.4 Å². The van der Waals surface area contributed by atoms with Crippen molar-refractivity contribution >= 4 is 0 Å². The third-order valence-corrected chi connectivity index (χ3v) is 1.22. The fourth-order valence-corrected chi connectivity index (χ4v) is 0.650. The van der Waals surface area contributed by atoms with E-state index in [2.05, 4.69) is 5.92 Å². The standard InChI is InChI=1S/C9H8.CH4/c1-3-9-6-4-8(2)5-7-9;/h1,4-7H,2H3;1H4. The molecule has 0 heterocycles. The summed E-state index contributed by atoms with van der Waals surface area (Å²) in [7, 11) is 0. The maximum atomic E-state index is 5.15. The lowest BCUT2D eigenvalue weighted by molar-refractivity contribution is 1.46. The van der Waals surface area contributed by atoms with E-state index in [1.807, 2.05) is 31.2 Å². The zero-order chi connectivity index (χ0) is 6.69. The Labute approximate surface area is 62.9 Å². The average Bonchev–Trinajstić information content (AvgIpc) is 1.90. The van der Waals surface area contributed by atoms with Crippen LogP contribution in [0, 0.1) is 19.3 Å². The smallest absolute Gasteiger partial charge is 0.0242 e. The Bertz CT molecular complexity index is 223. The number of benzene rings is 1. The Kier molecular flexibility index (Phi) is 3.28. The summed E-state index contributed by atoms with van der Waals surface area (Å²) in [6.07, 6.45) is 5.15. The summed E-state index contributed by atoms with van der Waals surface area (Å²) < 4.78 is 0. The topological polar surface area (TPSA) is 0 Å². The van der Waals surface area contributed by atoms with Gasteiger partial charge in [0.1, 0.15) is 0 Å². The lowest BCUT2D eigenvalue weighted by Crippen LogP contribution is -1.72. The summed E-state index contributed by atoms with van der Waals surface area (Å²) in [5, 5.41) is 0. The van der Waals surface area contributed by atoms with Crippen LogP contribution >= 0.6 is 0 Å². The van der Waals surface area contributed by atoms with Gasteiger partial charge in [-0.1, -0.05) is 31.0 Å². The van der Waals surface area contributed by atoms with Crippen molar-refractivity contribution in [1.29, 1.82) is 0 Å². The second-order valence-electron chi connectivity index (χ2n) is 2.01. The van der Waals surface area contributed by atoms with Gasteiger partial charge in [-0.25, -0.2) is 0 Å². The first-order valence-corrected chi connectivity index (χ1v) is 2.86. The second kappa shape index (κ2) is 3.74. The molecule has 10 heavy (non-hydrogen) atoms. The van der Waals surface area contributed by atoms with Crippen molar-refractivity contribution in [2.75, 3.05) is 0 Å². The van der Waals surface area contributed by atoms with Crippen LogP contribution in [0.3, 0.4) is 0 Å². The number of rotatable bonds is 0. The van der Waals surface area contributed by atoms with Gasteiger partial charge in [0.2, 0.25) is 0 Å². The molecule has 1 aromatic rings. The van der Waals surface area contributed by atoms with E-state index in [1.165, 1.54) is 5.56 Å². The minimum Gasteiger partial charge on any atom is -0.115 e. The molecule has 0 radical (unpaired) electrons. The molecule has 0 saturated carbocycles. The van der Waals surface area contributed by atoms with Crippen LogP contribution in [0.4, 0.5) is 0 Å². The Hall–Kier alpha value is -1.22. The van der Waals surface area contributed by atoms with Crippen molar-refractivity contribution in [3.63, 3.8) is 0 Å². The van der Waals surface area contributed by atoms with Crippen LogP contribution in [-0.2, 0) is 0 Å². The van der Waals surface area contributed by atoms with Crippen LogP contribution in [-0.4, -0.2) is 0 Å². The van der Waals surface area contributed by atoms with E-state index in [4.69, 9.17) is 6.42 Å². The Balaban J connectivity index is 0.000000810. The molecule has 1 rings (SSSR count). The van der Waals surface area contributed by atoms with Gasteiger partial charge in [-0.15, -0.1) is 6.42 Å². The van der Waals surface area contributed by atoms with E-state index in [0.29, 0.717) is 0 Å². The van der Waals surface area contributed by atoms with Gasteiger partial charge in [-0.3, -0.25) is 0 Å². The highest BCUT2D eigenvalue weighted by Gasteiger charge is 1.82. The summed E-state index contributed by atoms with van der Waals surface area (Å²) in [6.45, 7) is 2.04. The van der Waals surface area contributed by atoms with Crippen LogP contribution in [0.25, 0.3) is 0 Å². The third-order valence-electron chi connectivity index (χ3n) is 1.22. The zero-order valence-electron chi connectivity index (χ0n) is 5.39. The number of terminal acetylenes is 1. The molecule has 0 unspecified atom stereocenters. The van der Waals surface area contributed by atoms with Crippen molar-refractivity contribution in [2.24, 2.45) is 0 Å². The first kappa shape index (κ1) is 8.78. The molecule has 0 aliphatic rings. The molecule has 1 aromatic carbocycles. The van der Waals surface area contributed by atoms with E-state index in [1.54, 1.807) is 0 Å². The van der Waals surface area contributed by atoms with Gasteiger partial charge in [-0.05, 0) is 19.1 Å². The van der Waals surface area contributed by atoms with Gasteiger partial charge >= 0.3 is 0 Å². The second-order valence-corrected chi connectivity index (χ2v) is 2.01. The molecule has 0 saturated heterocycles. The normalized spacial score (nSPS) is 7.60. The fraction of sp³-hybridized carbons (Fsp3) is 0.200. The number of hydrogen-bond donors (Lipinski definition) is 0. The van der Waals surface area contributed by atoms with Crippen molar-refractivity contribution in [1.82, 2.24) is 0 Å². The molecule has 0 heteroatoms. The summed E-state index contributed by atoms with van der Waals surface area (Å²) in [5.74, 6) is 2.55. The molecule has 0 aromatic heterocycles. The predicted molar refractivity (Wildman–Crippen MR) is 45.8 cm³/mol. The molecule has 0 amide bonds. The molecule has 0 aliphatic carbocycles. The third kappa shape index (κ3) is 1.95. The van der Waals surface area contributed by atoms with Crippen molar-refractivity contribution < 1.29 is 0 Å². The molecule has 0 fully saturated rings. The minimum absolute atomic E-state index is 0. The minimum atomic E-state index is 0. The highest BCUT2D eigenvalue weighted by molar-refractivity contribution is 5.33. The van der Waals surface area contributed by atoms with Gasteiger partial charge < -0.3 is 0 Å². The van der Waals surface area contributed by atoms with Crippen molar-refractivity contribution in [3.8, 4) is 12.3 Å². The summed E-state index contributed by atoms with van der Waals surface area (Å²) in [6, 6.07) is 7.90. The summed E-state index contributed by atoms with van der Waals surface area (Å²) in [4.78, 5) is 0. The lowest BCUT2D eigenvalue weighted by Gasteiger charge is -1.89. The Morgan fingerprint density at radius 1 is 1.20 bits per heavy atom. The van der Waals surface area contributed by atoms with Crippen molar-refractivity contribution in [3.05, 3.63) is 35.4 Å². The molecule has 0 N–H and O–H groups in total. The summed E-state index contributed by atoms with van der Waals surface area (Å²) >= 11 is 0. The molecule has 0 spiro atoms. The van der Waals surface area contributed by atoms with E-state index in [-0.39, 0.29) is 7.43 Å². The lowest BCUT2D eigenvalue weighted by atomic mass is 10.2. The monoisotopic (exact) mass is 132 g/mol. The first-order chi connectivity index (χ1) is 4.33. The zero-order valence-corrected chi connectivity index (χ0v) is 5.39. The molecule has 52 valence electrons. The van der Waals surface area contributed by atoms with Crippen LogP contribution in [0.15, 0.2) is 24.3 Å². The Morgan fingerprint density at radius 2 is 1.70 bits per heavy atom. The van der Waals surface area contributed by atoms with Crippen LogP contribution in [0.2, 0.25) is 0 Å². The average molecular weight is 132 g/mol. The largest absolute Gasteiger partial charge is 0.115 e. The SMILES string of the molecule is C.C#Cc1ccc(C)cc1. The van der Waals surface area contributed by atoms with Crippen LogP contribution in [0.1, 0.15) is 18.6 Å². The molecular weight excluding hydrogens is 120 g/mol. The van der Waals surface area contributed by atoms with E-state index >= 15 is 0 Å². The van der Waals surface area contributed by atoms with Gasteiger partial charge in [-0.2, -0.15) is 0 Å². The van der Waals surface area contributed by atoms with E-state index in [9.17, 15) is 0 Å².